The van der Waals surface area contributed by atoms with Gasteiger partial charge >= 0.3 is 0 Å². The number of hydrogen-bond donors (Lipinski definition) is 0. The predicted molar refractivity (Wildman–Crippen MR) is 99.5 cm³/mol. The summed E-state index contributed by atoms with van der Waals surface area (Å²) in [4.78, 5) is 15.3. The van der Waals surface area contributed by atoms with Crippen molar-refractivity contribution in [3.05, 3.63) is 96.6 Å². The number of hydrogen-bond acceptors (Lipinski definition) is 1. The Bertz CT molecular complexity index is 756. The van der Waals surface area contributed by atoms with E-state index in [0.29, 0.717) is 0 Å². The number of carbonyl (C=O) groups is 1. The van der Waals surface area contributed by atoms with Crippen molar-refractivity contribution in [3.8, 4) is 0 Å². The molecule has 0 aliphatic heterocycles. The zero-order chi connectivity index (χ0) is 17.0. The van der Waals surface area contributed by atoms with Gasteiger partial charge in [0.25, 0.3) is 0 Å². The minimum absolute atomic E-state index is 0.0473. The van der Waals surface area contributed by atoms with E-state index >= 15 is 0 Å². The molecule has 2 heteroatoms. The molecule has 0 saturated heterocycles. The summed E-state index contributed by atoms with van der Waals surface area (Å²) in [5, 5.41) is 0. The Balaban J connectivity index is 2.08. The van der Waals surface area contributed by atoms with Crippen molar-refractivity contribution in [2.75, 3.05) is 4.90 Å². The Hall–Kier alpha value is -2.87. The highest BCUT2D eigenvalue weighted by atomic mass is 16.2. The van der Waals surface area contributed by atoms with Gasteiger partial charge in [0.15, 0.2) is 0 Å². The molecule has 0 bridgehead atoms. The second-order valence-corrected chi connectivity index (χ2v) is 6.30. The normalized spacial score (nSPS) is 11.1. The SMILES string of the molecule is CC(C)(C(=O)N(c1ccccc1)c1ccccc1)c1ccccc1. The molecule has 0 spiro atoms. The van der Waals surface area contributed by atoms with Crippen molar-refractivity contribution in [2.45, 2.75) is 19.3 Å². The Kier molecular flexibility index (Phi) is 4.48. The quantitative estimate of drug-likeness (QED) is 0.637. The molecule has 0 aliphatic carbocycles. The van der Waals surface area contributed by atoms with Crippen LogP contribution in [-0.2, 0) is 10.2 Å². The van der Waals surface area contributed by atoms with Crippen molar-refractivity contribution in [3.63, 3.8) is 0 Å². The molecule has 0 heterocycles. The van der Waals surface area contributed by atoms with Gasteiger partial charge in [-0.3, -0.25) is 9.69 Å². The maximum absolute atomic E-state index is 13.5. The van der Waals surface area contributed by atoms with Crippen LogP contribution in [0.2, 0.25) is 0 Å². The number of rotatable bonds is 4. The van der Waals surface area contributed by atoms with Gasteiger partial charge in [-0.05, 0) is 43.7 Å². The third kappa shape index (κ3) is 3.09. The molecule has 0 N–H and O–H groups in total. The van der Waals surface area contributed by atoms with E-state index in [1.54, 1.807) is 4.90 Å². The third-order valence-electron chi connectivity index (χ3n) is 4.26. The lowest BCUT2D eigenvalue weighted by Crippen LogP contribution is -2.41. The van der Waals surface area contributed by atoms with Crippen molar-refractivity contribution in [1.29, 1.82) is 0 Å². The van der Waals surface area contributed by atoms with E-state index in [-0.39, 0.29) is 5.91 Å². The Morgan fingerprint density at radius 3 is 1.46 bits per heavy atom. The molecule has 0 atom stereocenters. The van der Waals surface area contributed by atoms with Gasteiger partial charge in [-0.15, -0.1) is 0 Å². The van der Waals surface area contributed by atoms with Gasteiger partial charge in [-0.25, -0.2) is 0 Å². The van der Waals surface area contributed by atoms with Crippen LogP contribution in [0, 0.1) is 0 Å². The topological polar surface area (TPSA) is 20.3 Å². The third-order valence-corrected chi connectivity index (χ3v) is 4.26. The molecular formula is C22H21NO. The maximum Gasteiger partial charge on any atom is 0.241 e. The molecule has 2 nitrogen and oxygen atoms in total. The van der Waals surface area contributed by atoms with Crippen molar-refractivity contribution >= 4 is 17.3 Å². The van der Waals surface area contributed by atoms with E-state index in [2.05, 4.69) is 0 Å². The first-order valence-corrected chi connectivity index (χ1v) is 8.11. The summed E-state index contributed by atoms with van der Waals surface area (Å²) in [5.41, 5.74) is 2.12. The van der Waals surface area contributed by atoms with Gasteiger partial charge in [0.05, 0.1) is 5.41 Å². The van der Waals surface area contributed by atoms with Crippen LogP contribution in [0.3, 0.4) is 0 Å². The van der Waals surface area contributed by atoms with Gasteiger partial charge < -0.3 is 0 Å². The van der Waals surface area contributed by atoms with Crippen molar-refractivity contribution in [2.24, 2.45) is 0 Å². The van der Waals surface area contributed by atoms with E-state index in [4.69, 9.17) is 0 Å². The lowest BCUT2D eigenvalue weighted by molar-refractivity contribution is -0.122. The van der Waals surface area contributed by atoms with E-state index in [1.165, 1.54) is 0 Å². The highest BCUT2D eigenvalue weighted by Crippen LogP contribution is 2.33. The van der Waals surface area contributed by atoms with Gasteiger partial charge in [-0.1, -0.05) is 66.7 Å². The molecule has 24 heavy (non-hydrogen) atoms. The molecule has 3 aromatic carbocycles. The Morgan fingerprint density at radius 1 is 0.667 bits per heavy atom. The first kappa shape index (κ1) is 16.0. The summed E-state index contributed by atoms with van der Waals surface area (Å²) in [7, 11) is 0. The minimum atomic E-state index is -0.632. The molecule has 0 aromatic heterocycles. The second-order valence-electron chi connectivity index (χ2n) is 6.30. The van der Waals surface area contributed by atoms with Crippen molar-refractivity contribution < 1.29 is 4.79 Å². The highest BCUT2D eigenvalue weighted by Gasteiger charge is 2.35. The number of para-hydroxylation sites is 2. The zero-order valence-corrected chi connectivity index (χ0v) is 14.0. The van der Waals surface area contributed by atoms with Crippen LogP contribution in [0.25, 0.3) is 0 Å². The van der Waals surface area contributed by atoms with Crippen LogP contribution in [0.5, 0.6) is 0 Å². The standard InChI is InChI=1S/C22H21NO/c1-22(2,18-12-6-3-7-13-18)21(24)23(19-14-8-4-9-15-19)20-16-10-5-11-17-20/h3-17H,1-2H3. The van der Waals surface area contributed by atoms with Crippen LogP contribution >= 0.6 is 0 Å². The lowest BCUT2D eigenvalue weighted by atomic mass is 9.83. The first-order chi connectivity index (χ1) is 11.6. The van der Waals surface area contributed by atoms with E-state index < -0.39 is 5.41 Å². The monoisotopic (exact) mass is 315 g/mol. The molecule has 0 saturated carbocycles. The van der Waals surface area contributed by atoms with Crippen LogP contribution < -0.4 is 4.90 Å². The zero-order valence-electron chi connectivity index (χ0n) is 14.0. The summed E-state index contributed by atoms with van der Waals surface area (Å²) < 4.78 is 0. The van der Waals surface area contributed by atoms with Crippen LogP contribution in [0.1, 0.15) is 19.4 Å². The fourth-order valence-electron chi connectivity index (χ4n) is 2.80. The predicted octanol–water partition coefficient (Wildman–Crippen LogP) is 5.33. The Morgan fingerprint density at radius 2 is 1.04 bits per heavy atom. The fraction of sp³-hybridized carbons (Fsp3) is 0.136. The smallest absolute Gasteiger partial charge is 0.241 e. The molecular weight excluding hydrogens is 294 g/mol. The molecule has 0 fully saturated rings. The number of carbonyl (C=O) groups excluding carboxylic acids is 1. The number of benzene rings is 3. The van der Waals surface area contributed by atoms with Gasteiger partial charge in [-0.2, -0.15) is 0 Å². The maximum atomic E-state index is 13.5. The molecule has 3 aromatic rings. The second kappa shape index (κ2) is 6.71. The highest BCUT2D eigenvalue weighted by molar-refractivity contribution is 6.06. The number of nitrogens with zero attached hydrogens (tertiary/aromatic N) is 1. The summed E-state index contributed by atoms with van der Waals surface area (Å²) in [6, 6.07) is 29.5. The van der Waals surface area contributed by atoms with Crippen LogP contribution in [0.4, 0.5) is 11.4 Å². The minimum Gasteiger partial charge on any atom is -0.280 e. The lowest BCUT2D eigenvalue weighted by Gasteiger charge is -2.32. The molecule has 0 unspecified atom stereocenters. The van der Waals surface area contributed by atoms with Gasteiger partial charge in [0.2, 0.25) is 5.91 Å². The molecule has 3 rings (SSSR count). The Labute approximate surface area is 143 Å². The molecule has 0 radical (unpaired) electrons. The van der Waals surface area contributed by atoms with E-state index in [1.807, 2.05) is 105 Å². The molecule has 1 amide bonds. The van der Waals surface area contributed by atoms with Gasteiger partial charge in [0, 0.05) is 11.4 Å². The number of amides is 1. The molecule has 0 aliphatic rings. The van der Waals surface area contributed by atoms with E-state index in [0.717, 1.165) is 16.9 Å². The summed E-state index contributed by atoms with van der Waals surface area (Å²) in [6.07, 6.45) is 0. The van der Waals surface area contributed by atoms with Crippen LogP contribution in [0.15, 0.2) is 91.0 Å². The van der Waals surface area contributed by atoms with E-state index in [9.17, 15) is 4.79 Å². The fourth-order valence-corrected chi connectivity index (χ4v) is 2.80. The first-order valence-electron chi connectivity index (χ1n) is 8.11. The summed E-state index contributed by atoms with van der Waals surface area (Å²) in [6.45, 7) is 3.95. The average Bonchev–Trinajstić information content (AvgIpc) is 2.64. The average molecular weight is 315 g/mol. The summed E-state index contributed by atoms with van der Waals surface area (Å²) in [5.74, 6) is 0.0473. The van der Waals surface area contributed by atoms with Gasteiger partial charge in [0.1, 0.15) is 0 Å². The van der Waals surface area contributed by atoms with Crippen LogP contribution in [-0.4, -0.2) is 5.91 Å². The summed E-state index contributed by atoms with van der Waals surface area (Å²) >= 11 is 0. The largest absolute Gasteiger partial charge is 0.280 e. The number of anilines is 2. The van der Waals surface area contributed by atoms with Crippen molar-refractivity contribution in [1.82, 2.24) is 0 Å². The molecule has 120 valence electrons.